The minimum absolute atomic E-state index is 0.194. The second-order valence-electron chi connectivity index (χ2n) is 4.57. The smallest absolute Gasteiger partial charge is 0.142 e. The van der Waals surface area contributed by atoms with E-state index in [9.17, 15) is 4.79 Å². The van der Waals surface area contributed by atoms with Gasteiger partial charge in [-0.05, 0) is 30.2 Å². The van der Waals surface area contributed by atoms with Crippen LogP contribution in [0.4, 0.5) is 0 Å². The molecule has 3 heteroatoms. The average molecular weight is 259 g/mol. The Morgan fingerprint density at radius 1 is 1.31 bits per heavy atom. The highest BCUT2D eigenvalue weighted by atomic mass is 35.5. The zero-order chi connectivity index (χ0) is 12.3. The van der Waals surface area contributed by atoms with Crippen molar-refractivity contribution in [2.24, 2.45) is 5.41 Å². The lowest BCUT2D eigenvalue weighted by molar-refractivity contribution is -0.126. The molecule has 0 N–H and O–H groups in total. The van der Waals surface area contributed by atoms with Gasteiger partial charge < -0.3 is 0 Å². The zero-order valence-corrected chi connectivity index (χ0v) is 11.3. The van der Waals surface area contributed by atoms with Crippen LogP contribution in [0, 0.1) is 5.41 Å². The van der Waals surface area contributed by atoms with Gasteiger partial charge in [-0.2, -0.15) is 0 Å². The molecule has 0 aliphatic heterocycles. The molecule has 0 aliphatic rings. The first-order valence-corrected chi connectivity index (χ1v) is 6.09. The number of Topliss-reactive ketones (excluding diaryl/α,β-unsaturated/α-hetero) is 1. The lowest BCUT2D eigenvalue weighted by Gasteiger charge is -2.21. The molecule has 0 aromatic heterocycles. The molecule has 0 atom stereocenters. The molecule has 1 nitrogen and oxygen atoms in total. The van der Waals surface area contributed by atoms with Gasteiger partial charge in [-0.15, -0.1) is 0 Å². The van der Waals surface area contributed by atoms with Gasteiger partial charge in [0.15, 0.2) is 0 Å². The highest BCUT2D eigenvalue weighted by molar-refractivity contribution is 6.33. The number of benzene rings is 1. The lowest BCUT2D eigenvalue weighted by Crippen LogP contribution is -2.25. The van der Waals surface area contributed by atoms with E-state index < -0.39 is 0 Å². The maximum Gasteiger partial charge on any atom is 0.142 e. The van der Waals surface area contributed by atoms with Crippen molar-refractivity contribution >= 4 is 29.0 Å². The predicted octanol–water partition coefficient (Wildman–Crippen LogP) is 4.54. The van der Waals surface area contributed by atoms with Crippen LogP contribution in [0.5, 0.6) is 0 Å². The average Bonchev–Trinajstić information content (AvgIpc) is 2.23. The Bertz CT molecular complexity index is 397. The fourth-order valence-electron chi connectivity index (χ4n) is 1.29. The van der Waals surface area contributed by atoms with E-state index >= 15 is 0 Å². The summed E-state index contributed by atoms with van der Waals surface area (Å²) >= 11 is 11.9. The Balaban J connectivity index is 2.89. The molecule has 0 saturated heterocycles. The number of rotatable bonds is 4. The van der Waals surface area contributed by atoms with Crippen LogP contribution in [0.15, 0.2) is 18.2 Å². The van der Waals surface area contributed by atoms with Crippen molar-refractivity contribution in [3.05, 3.63) is 33.8 Å². The second-order valence-corrected chi connectivity index (χ2v) is 5.42. The minimum Gasteiger partial charge on any atom is -0.299 e. The summed E-state index contributed by atoms with van der Waals surface area (Å²) in [6.45, 7) is 5.92. The van der Waals surface area contributed by atoms with Crippen LogP contribution in [0.25, 0.3) is 0 Å². The number of hydrogen-bond donors (Lipinski definition) is 0. The fraction of sp³-hybridized carbons (Fsp3) is 0.462. The van der Waals surface area contributed by atoms with E-state index in [1.54, 1.807) is 18.2 Å². The van der Waals surface area contributed by atoms with Crippen molar-refractivity contribution in [1.29, 1.82) is 0 Å². The monoisotopic (exact) mass is 258 g/mol. The van der Waals surface area contributed by atoms with Crippen molar-refractivity contribution in [2.45, 2.75) is 33.6 Å². The van der Waals surface area contributed by atoms with E-state index in [4.69, 9.17) is 23.2 Å². The van der Waals surface area contributed by atoms with Gasteiger partial charge in [0.1, 0.15) is 5.78 Å². The molecular weight excluding hydrogens is 243 g/mol. The van der Waals surface area contributed by atoms with Crippen LogP contribution < -0.4 is 0 Å². The normalized spacial score (nSPS) is 11.6. The summed E-state index contributed by atoms with van der Waals surface area (Å²) in [5.74, 6) is 0.194. The quantitative estimate of drug-likeness (QED) is 0.775. The third-order valence-corrected chi connectivity index (χ3v) is 3.60. The van der Waals surface area contributed by atoms with Crippen molar-refractivity contribution in [1.82, 2.24) is 0 Å². The van der Waals surface area contributed by atoms with Crippen molar-refractivity contribution in [2.75, 3.05) is 0 Å². The predicted molar refractivity (Wildman–Crippen MR) is 69.2 cm³/mol. The van der Waals surface area contributed by atoms with Gasteiger partial charge in [0.2, 0.25) is 0 Å². The van der Waals surface area contributed by atoms with E-state index in [-0.39, 0.29) is 11.2 Å². The van der Waals surface area contributed by atoms with Crippen LogP contribution in [0.2, 0.25) is 10.0 Å². The van der Waals surface area contributed by atoms with Gasteiger partial charge in [0, 0.05) is 21.9 Å². The molecule has 0 aliphatic carbocycles. The van der Waals surface area contributed by atoms with Crippen molar-refractivity contribution in [3.63, 3.8) is 0 Å². The van der Waals surface area contributed by atoms with Gasteiger partial charge >= 0.3 is 0 Å². The van der Waals surface area contributed by atoms with Gasteiger partial charge in [-0.1, -0.05) is 44.0 Å². The molecule has 0 radical (unpaired) electrons. The first kappa shape index (κ1) is 13.5. The summed E-state index contributed by atoms with van der Waals surface area (Å²) in [5.41, 5.74) is 0.506. The molecular formula is C13H16Cl2O. The molecule has 88 valence electrons. The minimum atomic E-state index is -0.300. The standard InChI is InChI=1S/C13H16Cl2O/c1-4-13(2,3)12(16)8-9-7-10(14)5-6-11(9)15/h5-7H,4,8H2,1-3H3. The van der Waals surface area contributed by atoms with E-state index in [0.717, 1.165) is 12.0 Å². The van der Waals surface area contributed by atoms with Crippen LogP contribution in [0.3, 0.4) is 0 Å². The largest absolute Gasteiger partial charge is 0.299 e. The summed E-state index contributed by atoms with van der Waals surface area (Å²) < 4.78 is 0. The maximum absolute atomic E-state index is 12.0. The van der Waals surface area contributed by atoms with E-state index in [1.807, 2.05) is 20.8 Å². The number of ketones is 1. The highest BCUT2D eigenvalue weighted by Crippen LogP contribution is 2.27. The first-order chi connectivity index (χ1) is 7.36. The molecule has 0 bridgehead atoms. The molecule has 0 heterocycles. The van der Waals surface area contributed by atoms with Gasteiger partial charge in [-0.25, -0.2) is 0 Å². The number of hydrogen-bond acceptors (Lipinski definition) is 1. The van der Waals surface area contributed by atoms with Gasteiger partial charge in [0.05, 0.1) is 0 Å². The molecule has 0 amide bonds. The number of carbonyl (C=O) groups excluding carboxylic acids is 1. The lowest BCUT2D eigenvalue weighted by atomic mass is 9.82. The molecule has 0 spiro atoms. The van der Waals surface area contributed by atoms with E-state index in [1.165, 1.54) is 0 Å². The fourth-order valence-corrected chi connectivity index (χ4v) is 1.67. The summed E-state index contributed by atoms with van der Waals surface area (Å²) in [7, 11) is 0. The van der Waals surface area contributed by atoms with Gasteiger partial charge in [-0.3, -0.25) is 4.79 Å². The summed E-state index contributed by atoms with van der Waals surface area (Å²) in [4.78, 5) is 12.0. The topological polar surface area (TPSA) is 17.1 Å². The molecule has 1 rings (SSSR count). The van der Waals surface area contributed by atoms with Crippen LogP contribution >= 0.6 is 23.2 Å². The summed E-state index contributed by atoms with van der Waals surface area (Å²) in [6.07, 6.45) is 1.17. The first-order valence-electron chi connectivity index (χ1n) is 5.34. The summed E-state index contributed by atoms with van der Waals surface area (Å²) in [5, 5.41) is 1.21. The van der Waals surface area contributed by atoms with Crippen LogP contribution in [0.1, 0.15) is 32.8 Å². The molecule has 16 heavy (non-hydrogen) atoms. The Labute approximate surface area is 107 Å². The third-order valence-electron chi connectivity index (χ3n) is 3.00. The SMILES string of the molecule is CCC(C)(C)C(=O)Cc1cc(Cl)ccc1Cl. The molecule has 0 fully saturated rings. The highest BCUT2D eigenvalue weighted by Gasteiger charge is 2.25. The third kappa shape index (κ3) is 3.23. The van der Waals surface area contributed by atoms with E-state index in [0.29, 0.717) is 16.5 Å². The molecule has 0 saturated carbocycles. The Morgan fingerprint density at radius 2 is 1.94 bits per heavy atom. The number of carbonyl (C=O) groups is 1. The Hall–Kier alpha value is -0.530. The zero-order valence-electron chi connectivity index (χ0n) is 9.81. The van der Waals surface area contributed by atoms with Crippen LogP contribution in [-0.4, -0.2) is 5.78 Å². The molecule has 1 aromatic rings. The van der Waals surface area contributed by atoms with Gasteiger partial charge in [0.25, 0.3) is 0 Å². The van der Waals surface area contributed by atoms with Crippen molar-refractivity contribution < 1.29 is 4.79 Å². The Kier molecular flexibility index (Phi) is 4.40. The van der Waals surface area contributed by atoms with Crippen LogP contribution in [-0.2, 0) is 11.2 Å². The maximum atomic E-state index is 12.0. The van der Waals surface area contributed by atoms with E-state index in [2.05, 4.69) is 0 Å². The number of halogens is 2. The second kappa shape index (κ2) is 5.20. The summed E-state index contributed by atoms with van der Waals surface area (Å²) in [6, 6.07) is 5.21. The Morgan fingerprint density at radius 3 is 2.50 bits per heavy atom. The van der Waals surface area contributed by atoms with Crippen molar-refractivity contribution in [3.8, 4) is 0 Å². The molecule has 1 aromatic carbocycles. The molecule has 0 unspecified atom stereocenters.